The van der Waals surface area contributed by atoms with Gasteiger partial charge in [-0.05, 0) is 31.2 Å². The minimum absolute atomic E-state index is 0.0453. The first kappa shape index (κ1) is 16.7. The summed E-state index contributed by atoms with van der Waals surface area (Å²) in [7, 11) is 0. The summed E-state index contributed by atoms with van der Waals surface area (Å²) >= 11 is 0. The summed E-state index contributed by atoms with van der Waals surface area (Å²) in [6.45, 7) is 7.41. The fourth-order valence-electron chi connectivity index (χ4n) is 2.20. The Hall–Kier alpha value is -1.36. The minimum Gasteiger partial charge on any atom is -0.444 e. The van der Waals surface area contributed by atoms with Crippen LogP contribution in [0.25, 0.3) is 0 Å². The van der Waals surface area contributed by atoms with Crippen molar-refractivity contribution in [1.82, 2.24) is 10.3 Å². The summed E-state index contributed by atoms with van der Waals surface area (Å²) in [5.41, 5.74) is 5.60. The first-order chi connectivity index (χ1) is 9.56. The molecule has 5 heteroatoms. The summed E-state index contributed by atoms with van der Waals surface area (Å²) in [5, 5.41) is 2.85. The molecule has 1 amide bonds. The second-order valence-electron chi connectivity index (χ2n) is 5.47. The molecule has 114 valence electrons. The number of carbonyl (C=O) groups is 1. The van der Waals surface area contributed by atoms with Crippen molar-refractivity contribution in [2.75, 3.05) is 6.54 Å². The molecule has 1 aromatic heterocycles. The number of oxazole rings is 1. The molecule has 0 fully saturated rings. The number of nitrogens with two attached hydrogens (primary N) is 1. The third-order valence-electron chi connectivity index (χ3n) is 3.61. The number of nitrogens with one attached hydrogen (secondary N) is 1. The summed E-state index contributed by atoms with van der Waals surface area (Å²) in [5.74, 6) is 2.53. The van der Waals surface area contributed by atoms with E-state index in [1.165, 1.54) is 0 Å². The molecule has 0 aliphatic carbocycles. The molecule has 0 aliphatic heterocycles. The van der Waals surface area contributed by atoms with Crippen molar-refractivity contribution in [3.8, 4) is 0 Å². The van der Waals surface area contributed by atoms with Crippen molar-refractivity contribution in [2.45, 2.75) is 53.0 Å². The Balaban J connectivity index is 2.29. The van der Waals surface area contributed by atoms with Crippen LogP contribution in [-0.2, 0) is 17.8 Å². The van der Waals surface area contributed by atoms with Gasteiger partial charge in [0.1, 0.15) is 5.76 Å². The Morgan fingerprint density at radius 2 is 2.20 bits per heavy atom. The number of carbonyl (C=O) groups excluding carboxylic acids is 1. The molecule has 1 unspecified atom stereocenters. The number of amides is 1. The second kappa shape index (κ2) is 8.74. The zero-order valence-electron chi connectivity index (χ0n) is 12.8. The maximum absolute atomic E-state index is 11.8. The van der Waals surface area contributed by atoms with E-state index in [2.05, 4.69) is 24.1 Å². The highest BCUT2D eigenvalue weighted by atomic mass is 16.4. The van der Waals surface area contributed by atoms with Crippen molar-refractivity contribution >= 4 is 5.91 Å². The van der Waals surface area contributed by atoms with Gasteiger partial charge in [0.05, 0.1) is 12.7 Å². The molecule has 1 heterocycles. The zero-order chi connectivity index (χ0) is 15.0. The smallest absolute Gasteiger partial charge is 0.220 e. The van der Waals surface area contributed by atoms with Gasteiger partial charge in [0, 0.05) is 12.8 Å². The maximum atomic E-state index is 11.8. The van der Waals surface area contributed by atoms with E-state index in [-0.39, 0.29) is 5.91 Å². The molecule has 1 atom stereocenters. The van der Waals surface area contributed by atoms with Crippen LogP contribution < -0.4 is 11.1 Å². The van der Waals surface area contributed by atoms with Gasteiger partial charge in [-0.25, -0.2) is 4.98 Å². The lowest BCUT2D eigenvalue weighted by Crippen LogP contribution is -2.24. The van der Waals surface area contributed by atoms with Crippen molar-refractivity contribution in [1.29, 1.82) is 0 Å². The van der Waals surface area contributed by atoms with Crippen LogP contribution in [0.1, 0.15) is 51.7 Å². The SMILES string of the molecule is CCc1cnc(CNC(=O)CCC(CCN)C(C)C)o1. The van der Waals surface area contributed by atoms with E-state index in [0.29, 0.717) is 37.2 Å². The van der Waals surface area contributed by atoms with Gasteiger partial charge in [0.15, 0.2) is 0 Å². The Bertz CT molecular complexity index is 402. The number of hydrogen-bond donors (Lipinski definition) is 2. The van der Waals surface area contributed by atoms with Gasteiger partial charge in [0.2, 0.25) is 11.8 Å². The van der Waals surface area contributed by atoms with Crippen LogP contribution >= 0.6 is 0 Å². The molecular formula is C15H27N3O2. The molecule has 0 saturated carbocycles. The molecule has 0 radical (unpaired) electrons. The third-order valence-corrected chi connectivity index (χ3v) is 3.61. The number of rotatable bonds is 9. The van der Waals surface area contributed by atoms with Crippen LogP contribution in [0, 0.1) is 11.8 Å². The maximum Gasteiger partial charge on any atom is 0.220 e. The minimum atomic E-state index is 0.0453. The quantitative estimate of drug-likeness (QED) is 0.727. The van der Waals surface area contributed by atoms with Crippen LogP contribution in [0.15, 0.2) is 10.6 Å². The van der Waals surface area contributed by atoms with Gasteiger partial charge >= 0.3 is 0 Å². The van der Waals surface area contributed by atoms with Crippen molar-refractivity contribution in [3.63, 3.8) is 0 Å². The van der Waals surface area contributed by atoms with Gasteiger partial charge in [-0.1, -0.05) is 20.8 Å². The van der Waals surface area contributed by atoms with Crippen molar-refractivity contribution in [2.24, 2.45) is 17.6 Å². The normalized spacial score (nSPS) is 12.7. The second-order valence-corrected chi connectivity index (χ2v) is 5.47. The van der Waals surface area contributed by atoms with Crippen LogP contribution in [0.5, 0.6) is 0 Å². The lowest BCUT2D eigenvalue weighted by molar-refractivity contribution is -0.121. The molecule has 0 aliphatic rings. The van der Waals surface area contributed by atoms with E-state index in [1.54, 1.807) is 6.20 Å². The van der Waals surface area contributed by atoms with E-state index >= 15 is 0 Å². The molecule has 3 N–H and O–H groups in total. The number of aromatic nitrogens is 1. The summed E-state index contributed by atoms with van der Waals surface area (Å²) in [4.78, 5) is 15.9. The topological polar surface area (TPSA) is 81.2 Å². The Labute approximate surface area is 121 Å². The highest BCUT2D eigenvalue weighted by molar-refractivity contribution is 5.75. The fraction of sp³-hybridized carbons (Fsp3) is 0.733. The van der Waals surface area contributed by atoms with Crippen LogP contribution in [0.2, 0.25) is 0 Å². The summed E-state index contributed by atoms with van der Waals surface area (Å²) in [6, 6.07) is 0. The Kier molecular flexibility index (Phi) is 7.30. The lowest BCUT2D eigenvalue weighted by Gasteiger charge is -2.19. The van der Waals surface area contributed by atoms with E-state index in [1.807, 2.05) is 6.92 Å². The monoisotopic (exact) mass is 281 g/mol. The highest BCUT2D eigenvalue weighted by Crippen LogP contribution is 2.20. The van der Waals surface area contributed by atoms with Gasteiger partial charge < -0.3 is 15.5 Å². The zero-order valence-corrected chi connectivity index (χ0v) is 12.8. The van der Waals surface area contributed by atoms with Crippen LogP contribution in [0.3, 0.4) is 0 Å². The first-order valence-electron chi connectivity index (χ1n) is 7.47. The molecular weight excluding hydrogens is 254 g/mol. The van der Waals surface area contributed by atoms with Gasteiger partial charge in [-0.3, -0.25) is 4.79 Å². The molecule has 0 spiro atoms. The molecule has 0 saturated heterocycles. The molecule has 5 nitrogen and oxygen atoms in total. The number of aryl methyl sites for hydroxylation is 1. The number of nitrogens with zero attached hydrogens (tertiary/aromatic N) is 1. The largest absolute Gasteiger partial charge is 0.444 e. The highest BCUT2D eigenvalue weighted by Gasteiger charge is 2.14. The third kappa shape index (κ3) is 5.74. The van der Waals surface area contributed by atoms with E-state index in [9.17, 15) is 4.79 Å². The molecule has 1 aromatic rings. The summed E-state index contributed by atoms with van der Waals surface area (Å²) < 4.78 is 5.44. The Morgan fingerprint density at radius 1 is 1.45 bits per heavy atom. The fourth-order valence-corrected chi connectivity index (χ4v) is 2.20. The predicted molar refractivity (Wildman–Crippen MR) is 79.0 cm³/mol. The van der Waals surface area contributed by atoms with E-state index in [0.717, 1.165) is 25.0 Å². The molecule has 20 heavy (non-hydrogen) atoms. The van der Waals surface area contributed by atoms with Crippen LogP contribution in [-0.4, -0.2) is 17.4 Å². The van der Waals surface area contributed by atoms with Crippen molar-refractivity contribution in [3.05, 3.63) is 17.8 Å². The predicted octanol–water partition coefficient (Wildman–Crippen LogP) is 2.25. The van der Waals surface area contributed by atoms with Gasteiger partial charge in [-0.15, -0.1) is 0 Å². The standard InChI is InChI=1S/C15H27N3O2/c1-4-13-9-18-15(20-13)10-17-14(19)6-5-12(7-8-16)11(2)3/h9,11-12H,4-8,10,16H2,1-3H3,(H,17,19). The average Bonchev–Trinajstić information content (AvgIpc) is 2.88. The van der Waals surface area contributed by atoms with E-state index < -0.39 is 0 Å². The Morgan fingerprint density at radius 3 is 2.75 bits per heavy atom. The van der Waals surface area contributed by atoms with Gasteiger partial charge in [0.25, 0.3) is 0 Å². The van der Waals surface area contributed by atoms with E-state index in [4.69, 9.17) is 10.2 Å². The van der Waals surface area contributed by atoms with Gasteiger partial charge in [-0.2, -0.15) is 0 Å². The summed E-state index contributed by atoms with van der Waals surface area (Å²) in [6.07, 6.45) is 4.91. The average molecular weight is 281 g/mol. The van der Waals surface area contributed by atoms with Crippen molar-refractivity contribution < 1.29 is 9.21 Å². The molecule has 0 bridgehead atoms. The molecule has 0 aromatic carbocycles. The first-order valence-corrected chi connectivity index (χ1v) is 7.47. The number of hydrogen-bond acceptors (Lipinski definition) is 4. The lowest BCUT2D eigenvalue weighted by atomic mass is 9.88. The molecule has 1 rings (SSSR count). The van der Waals surface area contributed by atoms with Crippen LogP contribution in [0.4, 0.5) is 0 Å².